The van der Waals surface area contributed by atoms with Crippen LogP contribution in [0.5, 0.6) is 0 Å². The first kappa shape index (κ1) is 40.1. The van der Waals surface area contributed by atoms with Gasteiger partial charge in [-0.3, -0.25) is 0 Å². The molecule has 0 N–H and O–H groups in total. The van der Waals surface area contributed by atoms with Gasteiger partial charge in [-0.2, -0.15) is 0 Å². The Labute approximate surface area is 413 Å². The topological polar surface area (TPSA) is 42.6 Å². The van der Waals surface area contributed by atoms with E-state index in [0.29, 0.717) is 0 Å². The van der Waals surface area contributed by atoms with Crippen LogP contribution in [0.1, 0.15) is 0 Å². The molecule has 0 fully saturated rings. The third kappa shape index (κ3) is 6.09. The zero-order valence-electron chi connectivity index (χ0n) is 38.9. The van der Waals surface area contributed by atoms with E-state index in [1.165, 1.54) is 0 Å². The maximum absolute atomic E-state index is 6.62. The molecule has 0 saturated heterocycles. The minimum absolute atomic E-state index is 0.864. The van der Waals surface area contributed by atoms with Crippen molar-refractivity contribution in [2.24, 2.45) is 0 Å². The lowest BCUT2D eigenvalue weighted by Crippen LogP contribution is -2.09. The SMILES string of the molecule is c1ccc(N(c2ccccc2)c2ccc(-n3c4cc5c6c7c(ccc6n(-c6ccc(N(c8ccccc8)c8ccccc8)cc6)c5cc4c4c5c(ccc43)oc3ccccc35)oc3ccccc37)cc2)cc1. The molecule has 0 aliphatic heterocycles. The van der Waals surface area contributed by atoms with E-state index in [9.17, 15) is 0 Å². The third-order valence-corrected chi connectivity index (χ3v) is 14.4. The van der Waals surface area contributed by atoms with Gasteiger partial charge in [0.2, 0.25) is 0 Å². The second kappa shape index (κ2) is 15.9. The minimum atomic E-state index is 0.864. The molecule has 0 bridgehead atoms. The van der Waals surface area contributed by atoms with E-state index < -0.39 is 0 Å². The Kier molecular flexibility index (Phi) is 8.86. The van der Waals surface area contributed by atoms with E-state index in [2.05, 4.69) is 262 Å². The normalized spacial score (nSPS) is 11.9. The highest BCUT2D eigenvalue weighted by Gasteiger charge is 2.25. The molecule has 0 aliphatic rings. The lowest BCUT2D eigenvalue weighted by molar-refractivity contribution is 0.669. The monoisotopic (exact) mass is 922 g/mol. The lowest BCUT2D eigenvalue weighted by Gasteiger charge is -2.25. The number of para-hydroxylation sites is 6. The van der Waals surface area contributed by atoms with E-state index in [1.807, 2.05) is 12.1 Å². The average molecular weight is 923 g/mol. The van der Waals surface area contributed by atoms with Gasteiger partial charge in [-0.05, 0) is 146 Å². The van der Waals surface area contributed by atoms with Crippen LogP contribution in [0, 0.1) is 0 Å². The molecule has 338 valence electrons. The smallest absolute Gasteiger partial charge is 0.136 e. The van der Waals surface area contributed by atoms with Gasteiger partial charge in [0.05, 0.1) is 22.1 Å². The zero-order chi connectivity index (χ0) is 47.3. The number of furan rings is 2. The second-order valence-corrected chi connectivity index (χ2v) is 18.5. The van der Waals surface area contributed by atoms with Crippen LogP contribution in [-0.2, 0) is 0 Å². The van der Waals surface area contributed by atoms with Crippen molar-refractivity contribution in [3.63, 3.8) is 0 Å². The summed E-state index contributed by atoms with van der Waals surface area (Å²) >= 11 is 0. The van der Waals surface area contributed by atoms with Crippen molar-refractivity contribution in [3.8, 4) is 11.4 Å². The fourth-order valence-electron chi connectivity index (χ4n) is 11.4. The van der Waals surface area contributed by atoms with E-state index in [1.54, 1.807) is 0 Å². The molecule has 72 heavy (non-hydrogen) atoms. The first-order chi connectivity index (χ1) is 35.7. The van der Waals surface area contributed by atoms with Crippen LogP contribution < -0.4 is 9.80 Å². The molecule has 0 atom stereocenters. The van der Waals surface area contributed by atoms with E-state index in [-0.39, 0.29) is 0 Å². The van der Waals surface area contributed by atoms with Gasteiger partial charge in [-0.15, -0.1) is 0 Å². The van der Waals surface area contributed by atoms with Gasteiger partial charge in [0.15, 0.2) is 0 Å². The molecule has 0 amide bonds. The fourth-order valence-corrected chi connectivity index (χ4v) is 11.4. The van der Waals surface area contributed by atoms with Crippen LogP contribution in [0.15, 0.2) is 264 Å². The molecule has 11 aromatic carbocycles. The predicted octanol–water partition coefficient (Wildman–Crippen LogP) is 18.6. The number of anilines is 6. The molecule has 0 radical (unpaired) electrons. The summed E-state index contributed by atoms with van der Waals surface area (Å²) < 4.78 is 18.1. The Morgan fingerprint density at radius 1 is 0.236 bits per heavy atom. The van der Waals surface area contributed by atoms with Crippen LogP contribution in [0.2, 0.25) is 0 Å². The summed E-state index contributed by atoms with van der Waals surface area (Å²) in [5.41, 5.74) is 16.5. The highest BCUT2D eigenvalue weighted by atomic mass is 16.3. The number of benzene rings is 11. The summed E-state index contributed by atoms with van der Waals surface area (Å²) in [5.74, 6) is 0. The molecule has 15 aromatic rings. The van der Waals surface area contributed by atoms with Crippen molar-refractivity contribution in [1.29, 1.82) is 0 Å². The molecule has 0 aliphatic carbocycles. The maximum Gasteiger partial charge on any atom is 0.136 e. The molecule has 0 spiro atoms. The minimum Gasteiger partial charge on any atom is -0.456 e. The summed E-state index contributed by atoms with van der Waals surface area (Å²) in [6, 6.07) is 90.7. The average Bonchev–Trinajstić information content (AvgIpc) is 4.19. The Morgan fingerprint density at radius 3 is 0.917 bits per heavy atom. The van der Waals surface area contributed by atoms with E-state index in [0.717, 1.165) is 133 Å². The van der Waals surface area contributed by atoms with Gasteiger partial charge >= 0.3 is 0 Å². The largest absolute Gasteiger partial charge is 0.456 e. The molecule has 4 aromatic heterocycles. The zero-order valence-corrected chi connectivity index (χ0v) is 38.9. The van der Waals surface area contributed by atoms with Crippen molar-refractivity contribution in [2.75, 3.05) is 9.80 Å². The van der Waals surface area contributed by atoms with Gasteiger partial charge < -0.3 is 27.8 Å². The van der Waals surface area contributed by atoms with Crippen LogP contribution in [0.4, 0.5) is 34.1 Å². The fraction of sp³-hybridized carbons (Fsp3) is 0. The van der Waals surface area contributed by atoms with Crippen LogP contribution in [-0.4, -0.2) is 9.13 Å². The Bertz CT molecular complexity index is 4160. The summed E-state index contributed by atoms with van der Waals surface area (Å²) in [6.07, 6.45) is 0. The van der Waals surface area contributed by atoms with Crippen molar-refractivity contribution in [2.45, 2.75) is 0 Å². The lowest BCUT2D eigenvalue weighted by atomic mass is 10.0. The Morgan fingerprint density at radius 2 is 0.556 bits per heavy atom. The highest BCUT2D eigenvalue weighted by molar-refractivity contribution is 6.32. The number of fused-ring (bicyclic) bond motifs is 14. The van der Waals surface area contributed by atoms with E-state index in [4.69, 9.17) is 8.83 Å². The molecular weight excluding hydrogens is 881 g/mol. The molecule has 15 rings (SSSR count). The number of nitrogens with zero attached hydrogens (tertiary/aromatic N) is 4. The number of hydrogen-bond donors (Lipinski definition) is 0. The summed E-state index contributed by atoms with van der Waals surface area (Å²) in [5, 5.41) is 9.00. The number of hydrogen-bond acceptors (Lipinski definition) is 4. The van der Waals surface area contributed by atoms with Crippen LogP contribution in [0.25, 0.3) is 98.9 Å². The second-order valence-electron chi connectivity index (χ2n) is 18.5. The van der Waals surface area contributed by atoms with Gasteiger partial charge in [-0.1, -0.05) is 109 Å². The van der Waals surface area contributed by atoms with Crippen LogP contribution >= 0.6 is 0 Å². The number of aromatic nitrogens is 2. The van der Waals surface area contributed by atoms with Crippen molar-refractivity contribution in [1.82, 2.24) is 9.13 Å². The van der Waals surface area contributed by atoms with Crippen LogP contribution in [0.3, 0.4) is 0 Å². The van der Waals surface area contributed by atoms with Crippen molar-refractivity contribution < 1.29 is 8.83 Å². The van der Waals surface area contributed by atoms with Gasteiger partial charge in [0.25, 0.3) is 0 Å². The molecule has 6 heteroatoms. The molecule has 0 unspecified atom stereocenters. The Hall–Kier alpha value is -9.78. The third-order valence-electron chi connectivity index (χ3n) is 14.4. The predicted molar refractivity (Wildman–Crippen MR) is 299 cm³/mol. The van der Waals surface area contributed by atoms with Gasteiger partial charge in [0, 0.05) is 88.6 Å². The van der Waals surface area contributed by atoms with E-state index >= 15 is 0 Å². The summed E-state index contributed by atoms with van der Waals surface area (Å²) in [6.45, 7) is 0. The molecule has 0 saturated carbocycles. The standard InChI is InChI=1S/C66H42N4O2/c1-5-17-43(18-6-1)67(44-19-7-2-8-20-44)47-29-33-49(34-30-47)69-55-37-39-61-65(51-25-13-15-27-59(51)71-61)63(55)53-42-58-54(41-57(53)69)64-56(38-40-62-66(64)52-26-14-16-28-60(52)72-62)70(58)50-35-31-48(32-36-50)68(45-21-9-3-10-22-45)46-23-11-4-12-24-46/h1-42H. The number of rotatable bonds is 8. The quantitative estimate of drug-likeness (QED) is 0.152. The first-order valence-corrected chi connectivity index (χ1v) is 24.4. The van der Waals surface area contributed by atoms with Gasteiger partial charge in [-0.25, -0.2) is 0 Å². The van der Waals surface area contributed by atoms with Gasteiger partial charge in [0.1, 0.15) is 22.3 Å². The molecular formula is C66H42N4O2. The van der Waals surface area contributed by atoms with Crippen molar-refractivity contribution >= 4 is 122 Å². The summed E-state index contributed by atoms with van der Waals surface area (Å²) in [4.78, 5) is 4.62. The highest BCUT2D eigenvalue weighted by Crippen LogP contribution is 2.47. The first-order valence-electron chi connectivity index (χ1n) is 24.4. The molecule has 6 nitrogen and oxygen atoms in total. The maximum atomic E-state index is 6.62. The summed E-state index contributed by atoms with van der Waals surface area (Å²) in [7, 11) is 0. The van der Waals surface area contributed by atoms with Crippen molar-refractivity contribution in [3.05, 3.63) is 255 Å². The molecule has 4 heterocycles. The Balaban J connectivity index is 1.01.